The lowest BCUT2D eigenvalue weighted by molar-refractivity contribution is 0.152. The van der Waals surface area contributed by atoms with E-state index in [4.69, 9.17) is 4.74 Å². The van der Waals surface area contributed by atoms with E-state index in [9.17, 15) is 0 Å². The monoisotopic (exact) mass is 194 g/mol. The number of nitrogens with zero attached hydrogens (tertiary/aromatic N) is 1. The Hall–Kier alpha value is -0.560. The summed E-state index contributed by atoms with van der Waals surface area (Å²) in [6.45, 7) is 6.25. The van der Waals surface area contributed by atoms with E-state index < -0.39 is 0 Å². The number of hydrogen-bond donors (Lipinski definition) is 1. The van der Waals surface area contributed by atoms with E-state index in [0.717, 1.165) is 45.8 Å². The molecule has 1 atom stereocenters. The smallest absolute Gasteiger partial charge is 0.118 e. The lowest BCUT2D eigenvalue weighted by Gasteiger charge is -2.24. The molecule has 3 heteroatoms. The van der Waals surface area contributed by atoms with Gasteiger partial charge in [0, 0.05) is 32.8 Å². The van der Waals surface area contributed by atoms with Gasteiger partial charge < -0.3 is 10.1 Å². The van der Waals surface area contributed by atoms with Crippen LogP contribution in [0.5, 0.6) is 0 Å². The fourth-order valence-corrected chi connectivity index (χ4v) is 1.83. The summed E-state index contributed by atoms with van der Waals surface area (Å²) >= 11 is 0. The lowest BCUT2D eigenvalue weighted by Crippen LogP contribution is -2.43. The SMILES string of the molecule is C(#CC1CCCO1)CN1CCNCC1. The zero-order chi connectivity index (χ0) is 9.64. The minimum atomic E-state index is 0.220. The second-order valence-electron chi connectivity index (χ2n) is 3.85. The molecular formula is C11H18N2O. The molecule has 0 aliphatic carbocycles. The molecule has 0 spiro atoms. The van der Waals surface area contributed by atoms with E-state index in [2.05, 4.69) is 22.1 Å². The van der Waals surface area contributed by atoms with Crippen molar-refractivity contribution in [2.75, 3.05) is 39.3 Å². The van der Waals surface area contributed by atoms with Crippen molar-refractivity contribution in [1.82, 2.24) is 10.2 Å². The third kappa shape index (κ3) is 2.98. The molecule has 2 rings (SSSR count). The van der Waals surface area contributed by atoms with Crippen molar-refractivity contribution in [1.29, 1.82) is 0 Å². The second kappa shape index (κ2) is 5.35. The average Bonchev–Trinajstić information content (AvgIpc) is 2.72. The van der Waals surface area contributed by atoms with Crippen LogP contribution in [0.3, 0.4) is 0 Å². The zero-order valence-corrected chi connectivity index (χ0v) is 8.59. The molecule has 0 amide bonds. The Kier molecular flexibility index (Phi) is 3.81. The molecule has 2 fully saturated rings. The maximum Gasteiger partial charge on any atom is 0.118 e. The van der Waals surface area contributed by atoms with Gasteiger partial charge in [0.1, 0.15) is 6.10 Å². The maximum atomic E-state index is 5.44. The number of ether oxygens (including phenoxy) is 1. The largest absolute Gasteiger partial charge is 0.366 e. The van der Waals surface area contributed by atoms with Crippen LogP contribution in [0.2, 0.25) is 0 Å². The first-order valence-corrected chi connectivity index (χ1v) is 5.48. The van der Waals surface area contributed by atoms with Gasteiger partial charge in [-0.25, -0.2) is 0 Å². The highest BCUT2D eigenvalue weighted by Crippen LogP contribution is 2.10. The zero-order valence-electron chi connectivity index (χ0n) is 8.59. The molecule has 3 nitrogen and oxygen atoms in total. The second-order valence-corrected chi connectivity index (χ2v) is 3.85. The van der Waals surface area contributed by atoms with Crippen LogP contribution in [0, 0.1) is 11.8 Å². The van der Waals surface area contributed by atoms with Gasteiger partial charge in [-0.2, -0.15) is 0 Å². The predicted octanol–water partition coefficient (Wildman–Crippen LogP) is 0.0740. The van der Waals surface area contributed by atoms with E-state index >= 15 is 0 Å². The van der Waals surface area contributed by atoms with Crippen LogP contribution in [0.4, 0.5) is 0 Å². The van der Waals surface area contributed by atoms with Crippen LogP contribution in [0.25, 0.3) is 0 Å². The Labute approximate surface area is 85.8 Å². The molecular weight excluding hydrogens is 176 g/mol. The van der Waals surface area contributed by atoms with Gasteiger partial charge in [-0.05, 0) is 12.8 Å². The fraction of sp³-hybridized carbons (Fsp3) is 0.818. The molecule has 2 heterocycles. The summed E-state index contributed by atoms with van der Waals surface area (Å²) in [7, 11) is 0. The number of hydrogen-bond acceptors (Lipinski definition) is 3. The van der Waals surface area contributed by atoms with Crippen molar-refractivity contribution in [3.05, 3.63) is 0 Å². The van der Waals surface area contributed by atoms with Crippen molar-refractivity contribution in [3.8, 4) is 11.8 Å². The summed E-state index contributed by atoms with van der Waals surface area (Å²) < 4.78 is 5.44. The molecule has 1 N–H and O–H groups in total. The van der Waals surface area contributed by atoms with Crippen molar-refractivity contribution >= 4 is 0 Å². The molecule has 2 saturated heterocycles. The first-order chi connectivity index (χ1) is 6.95. The van der Waals surface area contributed by atoms with Crippen LogP contribution in [0.1, 0.15) is 12.8 Å². The van der Waals surface area contributed by atoms with Gasteiger partial charge >= 0.3 is 0 Å². The summed E-state index contributed by atoms with van der Waals surface area (Å²) in [4.78, 5) is 2.39. The third-order valence-corrected chi connectivity index (χ3v) is 2.71. The molecule has 14 heavy (non-hydrogen) atoms. The Balaban J connectivity index is 1.69. The maximum absolute atomic E-state index is 5.44. The Morgan fingerprint density at radius 2 is 2.21 bits per heavy atom. The van der Waals surface area contributed by atoms with Gasteiger partial charge in [0.25, 0.3) is 0 Å². The highest BCUT2D eigenvalue weighted by Gasteiger charge is 2.12. The molecule has 0 radical (unpaired) electrons. The molecule has 0 saturated carbocycles. The molecule has 0 aromatic heterocycles. The Morgan fingerprint density at radius 3 is 2.93 bits per heavy atom. The number of piperazine rings is 1. The molecule has 2 aliphatic rings. The summed E-state index contributed by atoms with van der Waals surface area (Å²) in [5.74, 6) is 6.41. The van der Waals surface area contributed by atoms with Gasteiger partial charge in [0.05, 0.1) is 6.54 Å². The number of nitrogens with one attached hydrogen (secondary N) is 1. The summed E-state index contributed by atoms with van der Waals surface area (Å²) in [5.41, 5.74) is 0. The highest BCUT2D eigenvalue weighted by atomic mass is 16.5. The summed E-state index contributed by atoms with van der Waals surface area (Å²) in [6, 6.07) is 0. The van der Waals surface area contributed by atoms with E-state index in [0.29, 0.717) is 0 Å². The van der Waals surface area contributed by atoms with Gasteiger partial charge in [-0.15, -0.1) is 0 Å². The highest BCUT2D eigenvalue weighted by molar-refractivity contribution is 5.08. The van der Waals surface area contributed by atoms with Crippen LogP contribution < -0.4 is 5.32 Å². The predicted molar refractivity (Wildman–Crippen MR) is 56.1 cm³/mol. The van der Waals surface area contributed by atoms with Crippen LogP contribution in [-0.2, 0) is 4.74 Å². The lowest BCUT2D eigenvalue weighted by atomic mass is 10.2. The molecule has 0 aromatic carbocycles. The van der Waals surface area contributed by atoms with E-state index in [1.807, 2.05) is 0 Å². The summed E-state index contributed by atoms with van der Waals surface area (Å²) in [6.07, 6.45) is 2.51. The van der Waals surface area contributed by atoms with Gasteiger partial charge in [-0.3, -0.25) is 4.90 Å². The van der Waals surface area contributed by atoms with Gasteiger partial charge in [-0.1, -0.05) is 11.8 Å². The normalized spacial score (nSPS) is 28.4. The van der Waals surface area contributed by atoms with E-state index in [-0.39, 0.29) is 6.10 Å². The standard InChI is InChI=1S/C11H18N2O/c1(3-11-4-2-10-14-11)7-13-8-5-12-6-9-13/h11-12H,2,4-10H2. The third-order valence-electron chi connectivity index (χ3n) is 2.71. The Morgan fingerprint density at radius 1 is 1.36 bits per heavy atom. The molecule has 78 valence electrons. The van der Waals surface area contributed by atoms with Crippen molar-refractivity contribution in [2.45, 2.75) is 18.9 Å². The quantitative estimate of drug-likeness (QED) is 0.598. The van der Waals surface area contributed by atoms with Gasteiger partial charge in [0.15, 0.2) is 0 Å². The molecule has 0 aromatic rings. The minimum Gasteiger partial charge on any atom is -0.366 e. The first-order valence-electron chi connectivity index (χ1n) is 5.48. The van der Waals surface area contributed by atoms with Crippen LogP contribution >= 0.6 is 0 Å². The fourth-order valence-electron chi connectivity index (χ4n) is 1.83. The van der Waals surface area contributed by atoms with E-state index in [1.165, 1.54) is 6.42 Å². The minimum absolute atomic E-state index is 0.220. The number of rotatable bonds is 1. The molecule has 2 aliphatic heterocycles. The molecule has 0 bridgehead atoms. The Bertz CT molecular complexity index is 219. The first kappa shape index (κ1) is 9.97. The van der Waals surface area contributed by atoms with E-state index in [1.54, 1.807) is 0 Å². The van der Waals surface area contributed by atoms with Crippen molar-refractivity contribution < 1.29 is 4.74 Å². The van der Waals surface area contributed by atoms with Crippen LogP contribution in [-0.4, -0.2) is 50.3 Å². The van der Waals surface area contributed by atoms with Gasteiger partial charge in [0.2, 0.25) is 0 Å². The summed E-state index contributed by atoms with van der Waals surface area (Å²) in [5, 5.41) is 3.33. The van der Waals surface area contributed by atoms with Crippen LogP contribution in [0.15, 0.2) is 0 Å². The van der Waals surface area contributed by atoms with Crippen molar-refractivity contribution in [3.63, 3.8) is 0 Å². The van der Waals surface area contributed by atoms with Crippen molar-refractivity contribution in [2.24, 2.45) is 0 Å². The molecule has 1 unspecified atom stereocenters. The topological polar surface area (TPSA) is 24.5 Å². The average molecular weight is 194 g/mol.